The predicted octanol–water partition coefficient (Wildman–Crippen LogP) is 3.26. The molecule has 0 spiro atoms. The van der Waals surface area contributed by atoms with Crippen LogP contribution in [-0.4, -0.2) is 26.2 Å². The molecule has 132 valence electrons. The summed E-state index contributed by atoms with van der Waals surface area (Å²) in [7, 11) is 3.09. The van der Waals surface area contributed by atoms with Crippen molar-refractivity contribution in [2.24, 2.45) is 10.7 Å². The quantitative estimate of drug-likeness (QED) is 0.643. The van der Waals surface area contributed by atoms with Gasteiger partial charge in [-0.3, -0.25) is 0 Å². The Morgan fingerprint density at radius 2 is 1.80 bits per heavy atom. The summed E-state index contributed by atoms with van der Waals surface area (Å²) < 4.78 is 38.0. The molecule has 7 heteroatoms. The highest BCUT2D eigenvalue weighted by Crippen LogP contribution is 2.45. The lowest BCUT2D eigenvalue weighted by Crippen LogP contribution is -2.23. The van der Waals surface area contributed by atoms with Crippen molar-refractivity contribution >= 4 is 11.6 Å². The molecule has 2 aromatic carbocycles. The van der Waals surface area contributed by atoms with Crippen LogP contribution in [0.2, 0.25) is 0 Å². The lowest BCUT2D eigenvalue weighted by atomic mass is 10.1. The minimum absolute atomic E-state index is 0.0789. The van der Waals surface area contributed by atoms with Crippen LogP contribution >= 0.6 is 0 Å². The third kappa shape index (κ3) is 3.65. The molecule has 1 aliphatic carbocycles. The number of hydrogen-bond acceptors (Lipinski definition) is 3. The second-order valence-electron chi connectivity index (χ2n) is 5.75. The average Bonchev–Trinajstić information content (AvgIpc) is 3.32. The van der Waals surface area contributed by atoms with E-state index in [0.717, 1.165) is 0 Å². The molecule has 0 aliphatic heterocycles. The number of anilines is 1. The minimum atomic E-state index is -0.547. The summed E-state index contributed by atoms with van der Waals surface area (Å²) in [6.45, 7) is 0. The SMILES string of the molecule is COc1ccc(NC(N)=N[C@@H]2C[C@H]2c2c(F)cccc2F)cc1OC. The van der Waals surface area contributed by atoms with E-state index in [2.05, 4.69) is 10.3 Å². The van der Waals surface area contributed by atoms with E-state index < -0.39 is 11.6 Å². The number of guanidine groups is 1. The summed E-state index contributed by atoms with van der Waals surface area (Å²) in [4.78, 5) is 4.30. The molecule has 0 amide bonds. The van der Waals surface area contributed by atoms with Crippen molar-refractivity contribution in [3.05, 3.63) is 53.6 Å². The number of nitrogens with two attached hydrogens (primary N) is 1. The van der Waals surface area contributed by atoms with Gasteiger partial charge in [0.2, 0.25) is 0 Å². The van der Waals surface area contributed by atoms with Crippen LogP contribution in [0.15, 0.2) is 41.4 Å². The number of ether oxygens (including phenoxy) is 2. The molecule has 2 aromatic rings. The highest BCUT2D eigenvalue weighted by molar-refractivity contribution is 5.92. The number of rotatable bonds is 5. The van der Waals surface area contributed by atoms with Crippen LogP contribution in [0.4, 0.5) is 14.5 Å². The lowest BCUT2D eigenvalue weighted by molar-refractivity contribution is 0.355. The van der Waals surface area contributed by atoms with Crippen LogP contribution in [0.25, 0.3) is 0 Å². The van der Waals surface area contributed by atoms with Gasteiger partial charge in [0.1, 0.15) is 11.6 Å². The molecule has 2 atom stereocenters. The molecule has 5 nitrogen and oxygen atoms in total. The first kappa shape index (κ1) is 17.0. The molecule has 1 aliphatic rings. The molecule has 1 saturated carbocycles. The van der Waals surface area contributed by atoms with Crippen molar-refractivity contribution in [2.75, 3.05) is 19.5 Å². The molecule has 0 aromatic heterocycles. The van der Waals surface area contributed by atoms with Gasteiger partial charge in [-0.15, -0.1) is 0 Å². The first-order valence-corrected chi connectivity index (χ1v) is 7.79. The van der Waals surface area contributed by atoms with Crippen molar-refractivity contribution in [3.63, 3.8) is 0 Å². The van der Waals surface area contributed by atoms with Crippen molar-refractivity contribution in [1.29, 1.82) is 0 Å². The van der Waals surface area contributed by atoms with E-state index in [0.29, 0.717) is 23.6 Å². The van der Waals surface area contributed by atoms with Crippen LogP contribution in [0.1, 0.15) is 17.9 Å². The Balaban J connectivity index is 1.70. The van der Waals surface area contributed by atoms with Crippen LogP contribution in [-0.2, 0) is 0 Å². The molecular weight excluding hydrogens is 328 g/mol. The van der Waals surface area contributed by atoms with Gasteiger partial charge < -0.3 is 20.5 Å². The van der Waals surface area contributed by atoms with Crippen LogP contribution in [0, 0.1) is 11.6 Å². The van der Waals surface area contributed by atoms with E-state index in [1.54, 1.807) is 25.3 Å². The molecule has 0 saturated heterocycles. The summed E-state index contributed by atoms with van der Waals surface area (Å²) in [5.41, 5.74) is 6.66. The number of methoxy groups -OCH3 is 2. The summed E-state index contributed by atoms with van der Waals surface area (Å²) in [5, 5.41) is 2.95. The zero-order valence-electron chi connectivity index (χ0n) is 13.9. The minimum Gasteiger partial charge on any atom is -0.493 e. The van der Waals surface area contributed by atoms with Gasteiger partial charge in [0, 0.05) is 23.2 Å². The fraction of sp³-hybridized carbons (Fsp3) is 0.278. The highest BCUT2D eigenvalue weighted by atomic mass is 19.1. The Kier molecular flexibility index (Phi) is 4.74. The number of aliphatic imine (C=N–C) groups is 1. The number of hydrogen-bond donors (Lipinski definition) is 2. The first-order valence-electron chi connectivity index (χ1n) is 7.79. The Labute approximate surface area is 144 Å². The second kappa shape index (κ2) is 6.96. The molecular formula is C18H19F2N3O2. The smallest absolute Gasteiger partial charge is 0.193 e. The predicted molar refractivity (Wildman–Crippen MR) is 92.3 cm³/mol. The van der Waals surface area contributed by atoms with E-state index >= 15 is 0 Å². The molecule has 0 unspecified atom stereocenters. The first-order chi connectivity index (χ1) is 12.0. The Hall–Kier alpha value is -2.83. The van der Waals surface area contributed by atoms with Crippen molar-refractivity contribution in [2.45, 2.75) is 18.4 Å². The number of nitrogens with one attached hydrogen (secondary N) is 1. The van der Waals surface area contributed by atoms with E-state index in [9.17, 15) is 8.78 Å². The largest absolute Gasteiger partial charge is 0.493 e. The summed E-state index contributed by atoms with van der Waals surface area (Å²) in [5.74, 6) is -0.0504. The van der Waals surface area contributed by atoms with Gasteiger partial charge >= 0.3 is 0 Å². The fourth-order valence-electron chi connectivity index (χ4n) is 2.77. The van der Waals surface area contributed by atoms with Gasteiger partial charge in [0.05, 0.1) is 20.3 Å². The molecule has 0 radical (unpaired) electrons. The third-order valence-electron chi connectivity index (χ3n) is 4.09. The van der Waals surface area contributed by atoms with Gasteiger partial charge in [-0.2, -0.15) is 0 Å². The zero-order valence-corrected chi connectivity index (χ0v) is 13.9. The monoisotopic (exact) mass is 347 g/mol. The lowest BCUT2D eigenvalue weighted by Gasteiger charge is -2.11. The van der Waals surface area contributed by atoms with E-state index in [4.69, 9.17) is 15.2 Å². The van der Waals surface area contributed by atoms with E-state index in [1.165, 1.54) is 25.3 Å². The van der Waals surface area contributed by atoms with E-state index in [1.807, 2.05) is 0 Å². The van der Waals surface area contributed by atoms with Gasteiger partial charge in [-0.1, -0.05) is 6.07 Å². The van der Waals surface area contributed by atoms with Crippen molar-refractivity contribution in [1.82, 2.24) is 0 Å². The van der Waals surface area contributed by atoms with Gasteiger partial charge in [-0.25, -0.2) is 13.8 Å². The summed E-state index contributed by atoms with van der Waals surface area (Å²) >= 11 is 0. The van der Waals surface area contributed by atoms with Gasteiger partial charge in [-0.05, 0) is 30.7 Å². The Morgan fingerprint density at radius 3 is 2.44 bits per heavy atom. The molecule has 0 heterocycles. The van der Waals surface area contributed by atoms with Crippen LogP contribution < -0.4 is 20.5 Å². The van der Waals surface area contributed by atoms with Crippen molar-refractivity contribution in [3.8, 4) is 11.5 Å². The normalized spacial score (nSPS) is 19.4. The Bertz CT molecular complexity index is 791. The van der Waals surface area contributed by atoms with Crippen LogP contribution in [0.5, 0.6) is 11.5 Å². The Morgan fingerprint density at radius 1 is 1.12 bits per heavy atom. The standard InChI is InChI=1S/C18H19F2N3O2/c1-24-15-7-6-10(8-16(15)25-2)22-18(21)23-14-9-11(14)17-12(19)4-3-5-13(17)20/h3-8,11,14H,9H2,1-2H3,(H3,21,22,23)/t11-,14-/m1/s1. The zero-order chi connectivity index (χ0) is 18.0. The summed E-state index contributed by atoms with van der Waals surface area (Å²) in [6, 6.07) is 8.85. The molecule has 3 rings (SSSR count). The highest BCUT2D eigenvalue weighted by Gasteiger charge is 2.42. The van der Waals surface area contributed by atoms with Crippen molar-refractivity contribution < 1.29 is 18.3 Å². The maximum Gasteiger partial charge on any atom is 0.193 e. The fourth-order valence-corrected chi connectivity index (χ4v) is 2.77. The second-order valence-corrected chi connectivity index (χ2v) is 5.75. The number of halogens is 2. The van der Waals surface area contributed by atoms with Gasteiger partial charge in [0.15, 0.2) is 17.5 Å². The number of benzene rings is 2. The molecule has 25 heavy (non-hydrogen) atoms. The summed E-state index contributed by atoms with van der Waals surface area (Å²) in [6.07, 6.45) is 0.562. The topological polar surface area (TPSA) is 68.9 Å². The molecule has 0 bridgehead atoms. The van der Waals surface area contributed by atoms with Gasteiger partial charge in [0.25, 0.3) is 0 Å². The molecule has 3 N–H and O–H groups in total. The maximum absolute atomic E-state index is 13.8. The maximum atomic E-state index is 13.8. The van der Waals surface area contributed by atoms with Crippen LogP contribution in [0.3, 0.4) is 0 Å². The average molecular weight is 347 g/mol. The third-order valence-corrected chi connectivity index (χ3v) is 4.09. The van der Waals surface area contributed by atoms with E-state index in [-0.39, 0.29) is 23.5 Å². The molecule has 1 fully saturated rings. The number of nitrogens with zero attached hydrogens (tertiary/aromatic N) is 1.